The first-order chi connectivity index (χ1) is 19.1. The standard InChI is InChI=1S/C24H25N5O8S3/c1-11(30)36-12(2)37-23(35)18-13(9-39-24-26-10-27-40-24)8-38-22-17(21(34)29(18)22)28-20(33)19(32)15-6-4-3-5-14(15)16(31)7-25/h3-6,10,12,17,19,22,32H,7-9,25H2,1-2H3,(H,28,33)/t12?,17?,19?,22-/m0/s1. The molecule has 2 aliphatic heterocycles. The smallest absolute Gasteiger partial charge is 0.358 e. The number of Topliss-reactive ketones (excluding diaryl/α,β-unsaturated/α-hetero) is 1. The molecule has 0 aliphatic carbocycles. The van der Waals surface area contributed by atoms with Crippen molar-refractivity contribution < 1.29 is 38.6 Å². The third kappa shape index (κ3) is 6.36. The number of aromatic nitrogens is 2. The van der Waals surface area contributed by atoms with Crippen molar-refractivity contribution >= 4 is 64.6 Å². The number of nitrogens with one attached hydrogen (secondary N) is 1. The number of aliphatic hydroxyl groups is 1. The lowest BCUT2D eigenvalue weighted by Gasteiger charge is -2.50. The largest absolute Gasteiger partial charge is 0.426 e. The Morgan fingerprint density at radius 2 is 2.02 bits per heavy atom. The third-order valence-electron chi connectivity index (χ3n) is 5.84. The van der Waals surface area contributed by atoms with Gasteiger partial charge in [0.2, 0.25) is 6.29 Å². The predicted molar refractivity (Wildman–Crippen MR) is 145 cm³/mol. The van der Waals surface area contributed by atoms with E-state index in [4.69, 9.17) is 15.2 Å². The first-order valence-corrected chi connectivity index (χ1v) is 14.7. The van der Waals surface area contributed by atoms with Crippen LogP contribution in [0.5, 0.6) is 0 Å². The maximum absolute atomic E-state index is 13.3. The van der Waals surface area contributed by atoms with E-state index in [0.717, 1.165) is 0 Å². The number of ketones is 1. The van der Waals surface area contributed by atoms with Crippen molar-refractivity contribution in [1.82, 2.24) is 19.6 Å². The van der Waals surface area contributed by atoms with E-state index in [-0.39, 0.29) is 23.4 Å². The number of aliphatic hydroxyl groups excluding tert-OH is 1. The number of thioether (sulfide) groups is 2. The number of esters is 2. The quantitative estimate of drug-likeness (QED) is 0.106. The fourth-order valence-corrected chi connectivity index (χ4v) is 7.02. The lowest BCUT2D eigenvalue weighted by atomic mass is 9.97. The van der Waals surface area contributed by atoms with E-state index in [1.165, 1.54) is 72.3 Å². The summed E-state index contributed by atoms with van der Waals surface area (Å²) in [6.07, 6.45) is -1.51. The van der Waals surface area contributed by atoms with Crippen LogP contribution < -0.4 is 11.1 Å². The number of amides is 2. The Hall–Kier alpha value is -3.31. The Kier molecular flexibility index (Phi) is 9.57. The highest BCUT2D eigenvalue weighted by atomic mass is 32.2. The third-order valence-corrected chi connectivity index (χ3v) is 9.07. The summed E-state index contributed by atoms with van der Waals surface area (Å²) in [7, 11) is 0. The summed E-state index contributed by atoms with van der Waals surface area (Å²) in [6, 6.07) is 4.98. The number of nitrogens with zero attached hydrogens (tertiary/aromatic N) is 3. The summed E-state index contributed by atoms with van der Waals surface area (Å²) >= 11 is 3.84. The molecule has 2 aliphatic rings. The fraction of sp³-hybridized carbons (Fsp3) is 0.375. The fourth-order valence-electron chi connectivity index (χ4n) is 4.10. The molecular formula is C24H25N5O8S3. The van der Waals surface area contributed by atoms with E-state index in [1.807, 2.05) is 0 Å². The number of nitrogens with two attached hydrogens (primary N) is 1. The number of ether oxygens (including phenoxy) is 2. The zero-order chi connectivity index (χ0) is 29.0. The summed E-state index contributed by atoms with van der Waals surface area (Å²) in [5.74, 6) is -2.79. The summed E-state index contributed by atoms with van der Waals surface area (Å²) in [5.41, 5.74) is 6.20. The molecule has 4 N–H and O–H groups in total. The second-order valence-corrected chi connectivity index (χ2v) is 11.7. The maximum Gasteiger partial charge on any atom is 0.358 e. The number of hydrogen-bond acceptors (Lipinski definition) is 14. The number of carbonyl (C=O) groups excluding carboxylic acids is 5. The summed E-state index contributed by atoms with van der Waals surface area (Å²) in [4.78, 5) is 68.2. The van der Waals surface area contributed by atoms with Gasteiger partial charge in [-0.3, -0.25) is 24.1 Å². The van der Waals surface area contributed by atoms with Gasteiger partial charge in [-0.15, -0.1) is 11.8 Å². The first-order valence-electron chi connectivity index (χ1n) is 11.9. The average molecular weight is 608 g/mol. The second kappa shape index (κ2) is 12.9. The Morgan fingerprint density at radius 1 is 1.27 bits per heavy atom. The van der Waals surface area contributed by atoms with Gasteiger partial charge in [-0.05, 0) is 17.1 Å². The molecule has 1 fully saturated rings. The van der Waals surface area contributed by atoms with E-state index < -0.39 is 53.3 Å². The Labute approximate surface area is 241 Å². The van der Waals surface area contributed by atoms with Crippen molar-refractivity contribution in [2.75, 3.05) is 18.1 Å². The zero-order valence-electron chi connectivity index (χ0n) is 21.3. The molecule has 3 unspecified atom stereocenters. The average Bonchev–Trinajstić information content (AvgIpc) is 3.46. The van der Waals surface area contributed by atoms with Crippen molar-refractivity contribution in [3.8, 4) is 0 Å². The van der Waals surface area contributed by atoms with Crippen molar-refractivity contribution in [2.45, 2.75) is 42.0 Å². The maximum atomic E-state index is 13.3. The molecule has 16 heteroatoms. The van der Waals surface area contributed by atoms with Crippen LogP contribution in [0, 0.1) is 0 Å². The van der Waals surface area contributed by atoms with E-state index >= 15 is 0 Å². The zero-order valence-corrected chi connectivity index (χ0v) is 23.7. The van der Waals surface area contributed by atoms with Crippen LogP contribution in [-0.4, -0.2) is 84.7 Å². The van der Waals surface area contributed by atoms with Crippen LogP contribution >= 0.6 is 35.1 Å². The minimum Gasteiger partial charge on any atom is -0.426 e. The molecule has 0 saturated carbocycles. The van der Waals surface area contributed by atoms with Gasteiger partial charge in [0.1, 0.15) is 23.4 Å². The molecule has 1 aromatic heterocycles. The monoisotopic (exact) mass is 607 g/mol. The van der Waals surface area contributed by atoms with Crippen LogP contribution in [0.1, 0.15) is 35.9 Å². The van der Waals surface area contributed by atoms with Crippen LogP contribution in [0.25, 0.3) is 0 Å². The summed E-state index contributed by atoms with van der Waals surface area (Å²) in [5, 5.41) is 12.6. The molecule has 40 heavy (non-hydrogen) atoms. The number of β-lactam (4-membered cyclic amide) rings is 1. The Bertz CT molecular complexity index is 1350. The van der Waals surface area contributed by atoms with Gasteiger partial charge in [0.25, 0.3) is 11.8 Å². The Morgan fingerprint density at radius 3 is 2.70 bits per heavy atom. The molecular weight excluding hydrogens is 582 g/mol. The molecule has 212 valence electrons. The highest BCUT2D eigenvalue weighted by Crippen LogP contribution is 2.42. The van der Waals surface area contributed by atoms with Gasteiger partial charge in [0.05, 0.1) is 6.54 Å². The lowest BCUT2D eigenvalue weighted by Crippen LogP contribution is -2.71. The number of rotatable bonds is 11. The van der Waals surface area contributed by atoms with Gasteiger partial charge in [-0.2, -0.15) is 4.37 Å². The molecule has 0 radical (unpaired) electrons. The first kappa shape index (κ1) is 29.7. The SMILES string of the molecule is CC(=O)OC(C)OC(=O)C1=C(CSc2ncns2)CS[C@H]2C(NC(=O)C(O)c3ccccc3C(=O)CN)C(=O)N12. The summed E-state index contributed by atoms with van der Waals surface area (Å²) < 4.78 is 14.8. The van der Waals surface area contributed by atoms with E-state index in [0.29, 0.717) is 21.4 Å². The van der Waals surface area contributed by atoms with Gasteiger partial charge >= 0.3 is 11.9 Å². The molecule has 13 nitrogen and oxygen atoms in total. The van der Waals surface area contributed by atoms with Gasteiger partial charge in [-0.25, -0.2) is 9.78 Å². The van der Waals surface area contributed by atoms with Crippen molar-refractivity contribution in [1.29, 1.82) is 0 Å². The highest BCUT2D eigenvalue weighted by molar-refractivity contribution is 8.01. The predicted octanol–water partition coefficient (Wildman–Crippen LogP) is 0.612. The van der Waals surface area contributed by atoms with Gasteiger partial charge in [0.15, 0.2) is 16.2 Å². The van der Waals surface area contributed by atoms with Gasteiger partial charge in [0, 0.05) is 36.5 Å². The minimum absolute atomic E-state index is 0.00490. The minimum atomic E-state index is -1.73. The van der Waals surface area contributed by atoms with E-state index in [2.05, 4.69) is 14.7 Å². The Balaban J connectivity index is 1.52. The van der Waals surface area contributed by atoms with E-state index in [1.54, 1.807) is 12.1 Å². The molecule has 4 atom stereocenters. The molecule has 0 spiro atoms. The normalized spacial score (nSPS) is 19.7. The number of carbonyl (C=O) groups is 5. The molecule has 4 rings (SSSR count). The van der Waals surface area contributed by atoms with Crippen LogP contribution in [-0.2, 0) is 28.7 Å². The molecule has 2 amide bonds. The number of benzene rings is 1. The van der Waals surface area contributed by atoms with Crippen LogP contribution in [0.3, 0.4) is 0 Å². The van der Waals surface area contributed by atoms with Gasteiger partial charge in [-0.1, -0.05) is 36.0 Å². The molecule has 1 aromatic carbocycles. The number of fused-ring (bicyclic) bond motifs is 1. The lowest BCUT2D eigenvalue weighted by molar-refractivity contribution is -0.182. The summed E-state index contributed by atoms with van der Waals surface area (Å²) in [6.45, 7) is 2.24. The molecule has 2 aromatic rings. The molecule has 3 heterocycles. The van der Waals surface area contributed by atoms with Crippen LogP contribution in [0.2, 0.25) is 0 Å². The van der Waals surface area contributed by atoms with Crippen molar-refractivity contribution in [3.63, 3.8) is 0 Å². The second-order valence-electron chi connectivity index (χ2n) is 8.54. The molecule has 0 bridgehead atoms. The van der Waals surface area contributed by atoms with E-state index in [9.17, 15) is 29.1 Å². The van der Waals surface area contributed by atoms with Gasteiger partial charge < -0.3 is 25.6 Å². The van der Waals surface area contributed by atoms with Crippen molar-refractivity contribution in [2.24, 2.45) is 5.73 Å². The van der Waals surface area contributed by atoms with Crippen LogP contribution in [0.4, 0.5) is 0 Å². The van der Waals surface area contributed by atoms with Crippen molar-refractivity contribution in [3.05, 3.63) is 53.0 Å². The number of hydrogen-bond donors (Lipinski definition) is 3. The highest BCUT2D eigenvalue weighted by Gasteiger charge is 2.55. The van der Waals surface area contributed by atoms with Crippen LogP contribution in [0.15, 0.2) is 46.2 Å². The topological polar surface area (TPSA) is 191 Å². The molecule has 1 saturated heterocycles.